The number of rotatable bonds is 2. The lowest BCUT2D eigenvalue weighted by atomic mass is 10.3. The molecular formula is C3H8N4O2. The summed E-state index contributed by atoms with van der Waals surface area (Å²) in [6.45, 7) is 1.31. The molecule has 0 rings (SSSR count). The predicted molar refractivity (Wildman–Crippen MR) is 32.3 cm³/mol. The smallest absolute Gasteiger partial charge is 0.268 e. The zero-order chi connectivity index (χ0) is 7.44. The van der Waals surface area contributed by atoms with Crippen LogP contribution in [-0.4, -0.2) is 16.8 Å². The number of nitrogens with two attached hydrogens (primary N) is 2. The molecule has 6 nitrogen and oxygen atoms in total. The van der Waals surface area contributed by atoms with Crippen molar-refractivity contribution < 1.29 is 4.92 Å². The highest BCUT2D eigenvalue weighted by Gasteiger charge is 2.16. The lowest BCUT2D eigenvalue weighted by Gasteiger charge is -1.98. The van der Waals surface area contributed by atoms with Gasteiger partial charge in [0.1, 0.15) is 0 Å². The zero-order valence-corrected chi connectivity index (χ0v) is 4.94. The Bertz CT molecular complexity index is 143. The number of nitrogens with zero attached hydrogens (tertiary/aromatic N) is 2. The second-order valence-electron chi connectivity index (χ2n) is 1.52. The van der Waals surface area contributed by atoms with Crippen LogP contribution in [0.2, 0.25) is 0 Å². The van der Waals surface area contributed by atoms with E-state index in [4.69, 9.17) is 5.73 Å². The molecule has 0 aromatic rings. The third-order valence-corrected chi connectivity index (χ3v) is 0.893. The fourth-order valence-corrected chi connectivity index (χ4v) is 0.216. The Morgan fingerprint density at radius 1 is 1.89 bits per heavy atom. The van der Waals surface area contributed by atoms with Crippen LogP contribution in [0.1, 0.15) is 6.92 Å². The number of hydrogen-bond donors (Lipinski definition) is 2. The largest absolute Gasteiger partial charge is 0.380 e. The monoisotopic (exact) mass is 132 g/mol. The van der Waals surface area contributed by atoms with Gasteiger partial charge in [-0.3, -0.25) is 10.1 Å². The topological polar surface area (TPSA) is 108 Å². The van der Waals surface area contributed by atoms with E-state index in [-0.39, 0.29) is 5.84 Å². The predicted octanol–water partition coefficient (Wildman–Crippen LogP) is -1.12. The van der Waals surface area contributed by atoms with E-state index < -0.39 is 11.0 Å². The molecule has 0 saturated carbocycles. The molecule has 0 radical (unpaired) electrons. The second-order valence-corrected chi connectivity index (χ2v) is 1.52. The summed E-state index contributed by atoms with van der Waals surface area (Å²) < 4.78 is 0. The SMILES string of the molecule is CC(C(N)=NN)[N+](=O)[O-]. The van der Waals surface area contributed by atoms with Crippen molar-refractivity contribution in [2.24, 2.45) is 16.7 Å². The van der Waals surface area contributed by atoms with Crippen LogP contribution in [0.3, 0.4) is 0 Å². The minimum absolute atomic E-state index is 0.167. The lowest BCUT2D eigenvalue weighted by molar-refractivity contribution is -0.498. The van der Waals surface area contributed by atoms with Crippen LogP contribution >= 0.6 is 0 Å². The van der Waals surface area contributed by atoms with Crippen molar-refractivity contribution in [1.29, 1.82) is 0 Å². The lowest BCUT2D eigenvalue weighted by Crippen LogP contribution is -2.33. The highest BCUT2D eigenvalue weighted by atomic mass is 16.6. The maximum atomic E-state index is 9.89. The van der Waals surface area contributed by atoms with Crippen molar-refractivity contribution >= 4 is 5.84 Å². The standard InChI is InChI=1S/C3H8N4O2/c1-2(7(8)9)3(4)6-5/h2H,5H2,1H3,(H2,4,6). The molecule has 0 aliphatic carbocycles. The maximum absolute atomic E-state index is 9.89. The zero-order valence-electron chi connectivity index (χ0n) is 4.94. The molecule has 1 unspecified atom stereocenters. The Labute approximate surface area is 51.7 Å². The summed E-state index contributed by atoms with van der Waals surface area (Å²) in [5.74, 6) is 4.50. The molecule has 1 atom stereocenters. The Balaban J connectivity index is 4.04. The molecule has 0 heterocycles. The van der Waals surface area contributed by atoms with Crippen molar-refractivity contribution in [1.82, 2.24) is 0 Å². The third-order valence-electron chi connectivity index (χ3n) is 0.893. The molecule has 52 valence electrons. The summed E-state index contributed by atoms with van der Waals surface area (Å²) in [5.41, 5.74) is 5.00. The summed E-state index contributed by atoms with van der Waals surface area (Å²) in [6, 6.07) is -0.991. The van der Waals surface area contributed by atoms with Crippen molar-refractivity contribution in [2.75, 3.05) is 0 Å². The number of amidine groups is 1. The van der Waals surface area contributed by atoms with Gasteiger partial charge in [-0.25, -0.2) is 0 Å². The summed E-state index contributed by atoms with van der Waals surface area (Å²) in [6.07, 6.45) is 0. The fourth-order valence-electron chi connectivity index (χ4n) is 0.216. The molecule has 0 aromatic heterocycles. The molecule has 0 spiro atoms. The first-order chi connectivity index (χ1) is 4.09. The summed E-state index contributed by atoms with van der Waals surface area (Å²) in [5, 5.41) is 12.9. The first-order valence-corrected chi connectivity index (χ1v) is 2.26. The number of nitro groups is 1. The maximum Gasteiger partial charge on any atom is 0.268 e. The van der Waals surface area contributed by atoms with Gasteiger partial charge in [0, 0.05) is 11.8 Å². The molecule has 0 amide bonds. The van der Waals surface area contributed by atoms with Gasteiger partial charge in [0.05, 0.1) is 0 Å². The number of hydrogen-bond acceptors (Lipinski definition) is 4. The van der Waals surface area contributed by atoms with Gasteiger partial charge in [-0.1, -0.05) is 0 Å². The van der Waals surface area contributed by atoms with E-state index >= 15 is 0 Å². The average Bonchev–Trinajstić information content (AvgIpc) is 1.84. The van der Waals surface area contributed by atoms with Crippen LogP contribution in [0.15, 0.2) is 5.10 Å². The molecule has 0 aromatic carbocycles. The normalized spacial score (nSPS) is 15.0. The fraction of sp³-hybridized carbons (Fsp3) is 0.667. The summed E-state index contributed by atoms with van der Waals surface area (Å²) in [7, 11) is 0. The highest BCUT2D eigenvalue weighted by Crippen LogP contribution is 1.85. The Hall–Kier alpha value is -1.33. The Morgan fingerprint density at radius 3 is 2.44 bits per heavy atom. The minimum Gasteiger partial charge on any atom is -0.380 e. The molecular weight excluding hydrogens is 124 g/mol. The number of hydrazone groups is 1. The summed E-state index contributed by atoms with van der Waals surface area (Å²) >= 11 is 0. The van der Waals surface area contributed by atoms with Gasteiger partial charge in [0.25, 0.3) is 6.04 Å². The molecule has 0 saturated heterocycles. The van der Waals surface area contributed by atoms with Gasteiger partial charge in [0.2, 0.25) is 0 Å². The van der Waals surface area contributed by atoms with E-state index in [1.165, 1.54) is 6.92 Å². The van der Waals surface area contributed by atoms with Gasteiger partial charge in [-0.15, -0.1) is 0 Å². The minimum atomic E-state index is -0.991. The van der Waals surface area contributed by atoms with Crippen molar-refractivity contribution in [3.05, 3.63) is 10.1 Å². The second kappa shape index (κ2) is 2.85. The molecule has 9 heavy (non-hydrogen) atoms. The molecule has 6 heteroatoms. The van der Waals surface area contributed by atoms with E-state index in [1.54, 1.807) is 0 Å². The van der Waals surface area contributed by atoms with Gasteiger partial charge in [0.15, 0.2) is 5.84 Å². The van der Waals surface area contributed by atoms with Crippen LogP contribution in [0.5, 0.6) is 0 Å². The van der Waals surface area contributed by atoms with Gasteiger partial charge >= 0.3 is 0 Å². The van der Waals surface area contributed by atoms with Crippen LogP contribution < -0.4 is 11.6 Å². The van der Waals surface area contributed by atoms with Crippen LogP contribution in [0, 0.1) is 10.1 Å². The Morgan fingerprint density at radius 2 is 2.33 bits per heavy atom. The van der Waals surface area contributed by atoms with Crippen molar-refractivity contribution in [3.8, 4) is 0 Å². The van der Waals surface area contributed by atoms with Gasteiger partial charge < -0.3 is 11.6 Å². The van der Waals surface area contributed by atoms with Crippen LogP contribution in [0.25, 0.3) is 0 Å². The van der Waals surface area contributed by atoms with Gasteiger partial charge in [-0.05, 0) is 0 Å². The van der Waals surface area contributed by atoms with Crippen LogP contribution in [0.4, 0.5) is 0 Å². The van der Waals surface area contributed by atoms with E-state index in [1.807, 2.05) is 0 Å². The molecule has 0 aliphatic rings. The van der Waals surface area contributed by atoms with Crippen LogP contribution in [-0.2, 0) is 0 Å². The van der Waals surface area contributed by atoms with E-state index in [0.717, 1.165) is 0 Å². The quantitative estimate of drug-likeness (QED) is 0.163. The molecule has 0 aliphatic heterocycles. The average molecular weight is 132 g/mol. The highest BCUT2D eigenvalue weighted by molar-refractivity contribution is 5.83. The molecule has 0 bridgehead atoms. The van der Waals surface area contributed by atoms with Crippen molar-refractivity contribution in [3.63, 3.8) is 0 Å². The van der Waals surface area contributed by atoms with Gasteiger partial charge in [-0.2, -0.15) is 5.10 Å². The van der Waals surface area contributed by atoms with E-state index in [0.29, 0.717) is 0 Å². The summed E-state index contributed by atoms with van der Waals surface area (Å²) in [4.78, 5) is 9.32. The molecule has 4 N–H and O–H groups in total. The third kappa shape index (κ3) is 1.94. The van der Waals surface area contributed by atoms with Crippen molar-refractivity contribution in [2.45, 2.75) is 13.0 Å². The first kappa shape index (κ1) is 7.67. The Kier molecular flexibility index (Phi) is 2.43. The van der Waals surface area contributed by atoms with E-state index in [2.05, 4.69) is 10.9 Å². The first-order valence-electron chi connectivity index (χ1n) is 2.26. The van der Waals surface area contributed by atoms with E-state index in [9.17, 15) is 10.1 Å². The molecule has 0 fully saturated rings.